The lowest BCUT2D eigenvalue weighted by Gasteiger charge is -2.35. The molecule has 0 spiro atoms. The number of aromatic nitrogens is 2. The molecule has 0 bridgehead atoms. The third kappa shape index (κ3) is 2.83. The molecule has 0 aromatic carbocycles. The number of nitrogens with two attached hydrogens (primary N) is 1. The van der Waals surface area contributed by atoms with Crippen LogP contribution in [0, 0.1) is 0 Å². The van der Waals surface area contributed by atoms with Gasteiger partial charge in [-0.25, -0.2) is 4.98 Å². The number of hydrogen-bond acceptors (Lipinski definition) is 5. The summed E-state index contributed by atoms with van der Waals surface area (Å²) < 4.78 is 4.48. The summed E-state index contributed by atoms with van der Waals surface area (Å²) in [7, 11) is 2.10. The molecule has 1 heterocycles. The van der Waals surface area contributed by atoms with E-state index in [2.05, 4.69) is 42.1 Å². The van der Waals surface area contributed by atoms with E-state index >= 15 is 0 Å². The number of hydrogen-bond donors (Lipinski definition) is 1. The van der Waals surface area contributed by atoms with Crippen molar-refractivity contribution in [3.8, 4) is 0 Å². The number of anilines is 1. The van der Waals surface area contributed by atoms with Crippen LogP contribution in [0.2, 0.25) is 0 Å². The summed E-state index contributed by atoms with van der Waals surface area (Å²) >= 11 is 1.49. The SMILES string of the molecule is CN(c1nc(C(C)(C)C)ns1)C1CCCCC1N. The van der Waals surface area contributed by atoms with Gasteiger partial charge in [-0.15, -0.1) is 0 Å². The molecule has 2 rings (SSSR count). The molecular weight excluding hydrogens is 244 g/mol. The summed E-state index contributed by atoms with van der Waals surface area (Å²) in [5.41, 5.74) is 6.24. The van der Waals surface area contributed by atoms with Crippen LogP contribution in [-0.2, 0) is 5.41 Å². The molecule has 5 heteroatoms. The summed E-state index contributed by atoms with van der Waals surface area (Å²) in [4.78, 5) is 6.90. The largest absolute Gasteiger partial charge is 0.345 e. The quantitative estimate of drug-likeness (QED) is 0.895. The minimum absolute atomic E-state index is 0.0181. The topological polar surface area (TPSA) is 55.0 Å². The van der Waals surface area contributed by atoms with Gasteiger partial charge in [-0.2, -0.15) is 4.37 Å². The monoisotopic (exact) mass is 268 g/mol. The summed E-state index contributed by atoms with van der Waals surface area (Å²) in [6.07, 6.45) is 4.82. The van der Waals surface area contributed by atoms with E-state index < -0.39 is 0 Å². The van der Waals surface area contributed by atoms with Crippen LogP contribution in [0.4, 0.5) is 5.13 Å². The third-order valence-electron chi connectivity index (χ3n) is 3.67. The van der Waals surface area contributed by atoms with Crippen molar-refractivity contribution < 1.29 is 0 Å². The molecule has 1 aromatic heterocycles. The number of nitrogens with zero attached hydrogens (tertiary/aromatic N) is 3. The lowest BCUT2D eigenvalue weighted by molar-refractivity contribution is 0.373. The zero-order valence-corrected chi connectivity index (χ0v) is 12.6. The number of rotatable bonds is 2. The molecule has 0 aliphatic heterocycles. The van der Waals surface area contributed by atoms with Gasteiger partial charge in [0, 0.05) is 36.1 Å². The molecule has 1 aliphatic rings. The lowest BCUT2D eigenvalue weighted by Crippen LogP contribution is -2.48. The molecule has 1 fully saturated rings. The zero-order valence-electron chi connectivity index (χ0n) is 11.8. The van der Waals surface area contributed by atoms with E-state index in [0.717, 1.165) is 17.4 Å². The molecule has 4 nitrogen and oxygen atoms in total. The fraction of sp³-hybridized carbons (Fsp3) is 0.846. The highest BCUT2D eigenvalue weighted by Gasteiger charge is 2.28. The maximum Gasteiger partial charge on any atom is 0.205 e. The predicted molar refractivity (Wildman–Crippen MR) is 77.2 cm³/mol. The first-order valence-corrected chi connectivity index (χ1v) is 7.49. The van der Waals surface area contributed by atoms with Gasteiger partial charge in [0.25, 0.3) is 0 Å². The van der Waals surface area contributed by atoms with E-state index in [9.17, 15) is 0 Å². The van der Waals surface area contributed by atoms with Gasteiger partial charge in [0.05, 0.1) is 0 Å². The van der Waals surface area contributed by atoms with Crippen molar-refractivity contribution in [2.45, 2.75) is 64.0 Å². The fourth-order valence-corrected chi connectivity index (χ4v) is 3.30. The Morgan fingerprint density at radius 2 is 1.94 bits per heavy atom. The van der Waals surface area contributed by atoms with Crippen LogP contribution in [0.15, 0.2) is 0 Å². The maximum absolute atomic E-state index is 6.22. The molecule has 2 unspecified atom stereocenters. The summed E-state index contributed by atoms with van der Waals surface area (Å²) in [6, 6.07) is 0.685. The Hall–Kier alpha value is -0.680. The van der Waals surface area contributed by atoms with Gasteiger partial charge < -0.3 is 10.6 Å². The third-order valence-corrected chi connectivity index (χ3v) is 4.47. The summed E-state index contributed by atoms with van der Waals surface area (Å²) in [5, 5.41) is 1.00. The van der Waals surface area contributed by atoms with Gasteiger partial charge >= 0.3 is 0 Å². The van der Waals surface area contributed by atoms with E-state index in [1.807, 2.05) is 0 Å². The molecule has 1 aliphatic carbocycles. The van der Waals surface area contributed by atoms with Crippen LogP contribution >= 0.6 is 11.5 Å². The Kier molecular flexibility index (Phi) is 3.92. The Morgan fingerprint density at radius 1 is 1.28 bits per heavy atom. The molecule has 102 valence electrons. The van der Waals surface area contributed by atoms with E-state index in [4.69, 9.17) is 5.73 Å². The van der Waals surface area contributed by atoms with Crippen LogP contribution in [-0.4, -0.2) is 28.5 Å². The van der Waals surface area contributed by atoms with Crippen molar-refractivity contribution >= 4 is 16.7 Å². The van der Waals surface area contributed by atoms with Gasteiger partial charge in [0.1, 0.15) is 5.82 Å². The van der Waals surface area contributed by atoms with Gasteiger partial charge in [-0.05, 0) is 12.8 Å². The van der Waals surface area contributed by atoms with Crippen molar-refractivity contribution in [3.63, 3.8) is 0 Å². The summed E-state index contributed by atoms with van der Waals surface area (Å²) in [5.74, 6) is 0.929. The molecule has 0 amide bonds. The van der Waals surface area contributed by atoms with Crippen molar-refractivity contribution in [3.05, 3.63) is 5.82 Å². The minimum atomic E-state index is 0.0181. The average Bonchev–Trinajstić information content (AvgIpc) is 2.77. The van der Waals surface area contributed by atoms with E-state index in [0.29, 0.717) is 6.04 Å². The van der Waals surface area contributed by atoms with Crippen LogP contribution in [0.25, 0.3) is 0 Å². The van der Waals surface area contributed by atoms with Crippen molar-refractivity contribution in [2.24, 2.45) is 5.73 Å². The van der Waals surface area contributed by atoms with E-state index in [1.165, 1.54) is 30.8 Å². The highest BCUT2D eigenvalue weighted by Crippen LogP contribution is 2.29. The molecule has 2 N–H and O–H groups in total. The normalized spacial score (nSPS) is 25.2. The molecule has 2 atom stereocenters. The summed E-state index contributed by atoms with van der Waals surface area (Å²) in [6.45, 7) is 6.43. The molecule has 0 saturated heterocycles. The van der Waals surface area contributed by atoms with Crippen LogP contribution in [0.1, 0.15) is 52.3 Å². The second kappa shape index (κ2) is 5.13. The molecule has 1 aromatic rings. The highest BCUT2D eigenvalue weighted by molar-refractivity contribution is 7.09. The van der Waals surface area contributed by atoms with Crippen LogP contribution in [0.3, 0.4) is 0 Å². The standard InChI is InChI=1S/C13H24N4S/c1-13(2,3)11-15-12(18-16-11)17(4)10-8-6-5-7-9(10)14/h9-10H,5-8,14H2,1-4H3. The predicted octanol–water partition coefficient (Wildman–Crippen LogP) is 2.54. The van der Waals surface area contributed by atoms with Crippen LogP contribution in [0.5, 0.6) is 0 Å². The van der Waals surface area contributed by atoms with Crippen molar-refractivity contribution in [1.29, 1.82) is 0 Å². The van der Waals surface area contributed by atoms with Gasteiger partial charge in [0.15, 0.2) is 0 Å². The Labute approximate surface area is 114 Å². The van der Waals surface area contributed by atoms with E-state index in [-0.39, 0.29) is 11.5 Å². The highest BCUT2D eigenvalue weighted by atomic mass is 32.1. The first kappa shape index (κ1) is 13.7. The molecule has 1 saturated carbocycles. The molecule has 0 radical (unpaired) electrons. The van der Waals surface area contributed by atoms with Gasteiger partial charge in [-0.3, -0.25) is 0 Å². The van der Waals surface area contributed by atoms with Gasteiger partial charge in [-0.1, -0.05) is 33.6 Å². The minimum Gasteiger partial charge on any atom is -0.345 e. The second-order valence-corrected chi connectivity index (χ2v) is 7.01. The Bertz CT molecular complexity index is 396. The molecule has 18 heavy (non-hydrogen) atoms. The number of likely N-dealkylation sites (N-methyl/N-ethyl adjacent to an activating group) is 1. The smallest absolute Gasteiger partial charge is 0.205 e. The second-order valence-electron chi connectivity index (χ2n) is 6.28. The van der Waals surface area contributed by atoms with Crippen molar-refractivity contribution in [1.82, 2.24) is 9.36 Å². The first-order valence-electron chi connectivity index (χ1n) is 6.72. The van der Waals surface area contributed by atoms with Crippen LogP contribution < -0.4 is 10.6 Å². The van der Waals surface area contributed by atoms with Crippen molar-refractivity contribution in [2.75, 3.05) is 11.9 Å². The van der Waals surface area contributed by atoms with E-state index in [1.54, 1.807) is 0 Å². The average molecular weight is 268 g/mol. The van der Waals surface area contributed by atoms with Gasteiger partial charge in [0.2, 0.25) is 5.13 Å². The Morgan fingerprint density at radius 3 is 2.50 bits per heavy atom. The first-order chi connectivity index (χ1) is 8.39. The fourth-order valence-electron chi connectivity index (χ4n) is 2.43. The lowest BCUT2D eigenvalue weighted by atomic mass is 9.90. The maximum atomic E-state index is 6.22. The Balaban J connectivity index is 2.13. The zero-order chi connectivity index (χ0) is 13.3. The molecular formula is C13H24N4S.